The molecular weight excluding hydrogens is 380 g/mol. The van der Waals surface area contributed by atoms with E-state index in [1.165, 1.54) is 24.6 Å². The van der Waals surface area contributed by atoms with Crippen LogP contribution < -0.4 is 10.4 Å². The molecule has 1 aliphatic rings. The van der Waals surface area contributed by atoms with Gasteiger partial charge >= 0.3 is 11.9 Å². The van der Waals surface area contributed by atoms with Crippen LogP contribution in [0.2, 0.25) is 11.1 Å². The van der Waals surface area contributed by atoms with Crippen molar-refractivity contribution in [3.05, 3.63) is 60.7 Å². The minimum Gasteiger partial charge on any atom is -0.468 e. The van der Waals surface area contributed by atoms with Gasteiger partial charge in [-0.25, -0.2) is 0 Å². The fourth-order valence-electron chi connectivity index (χ4n) is 4.91. The van der Waals surface area contributed by atoms with Gasteiger partial charge in [0.25, 0.3) is 0 Å². The second-order valence-corrected chi connectivity index (χ2v) is 13.8. The molecule has 4 nitrogen and oxygen atoms in total. The maximum atomic E-state index is 12.6. The Balaban J connectivity index is 2.15. The Kier molecular flexibility index (Phi) is 5.72. The van der Waals surface area contributed by atoms with Crippen LogP contribution in [-0.2, 0) is 19.1 Å². The monoisotopic (exact) mass is 410 g/mol. The van der Waals surface area contributed by atoms with Crippen LogP contribution in [0.4, 0.5) is 0 Å². The highest BCUT2D eigenvalue weighted by molar-refractivity contribution is 7.04. The van der Waals surface area contributed by atoms with Crippen molar-refractivity contribution in [3.8, 4) is 0 Å². The van der Waals surface area contributed by atoms with E-state index in [9.17, 15) is 9.59 Å². The van der Waals surface area contributed by atoms with E-state index < -0.39 is 25.4 Å². The van der Waals surface area contributed by atoms with Crippen molar-refractivity contribution < 1.29 is 19.1 Å². The minimum absolute atomic E-state index is 0.0315. The van der Waals surface area contributed by atoms with Crippen LogP contribution in [0.1, 0.15) is 27.2 Å². The van der Waals surface area contributed by atoms with Gasteiger partial charge in [-0.3, -0.25) is 9.59 Å². The van der Waals surface area contributed by atoms with E-state index in [0.717, 1.165) is 6.04 Å². The zero-order valence-corrected chi connectivity index (χ0v) is 18.9. The van der Waals surface area contributed by atoms with E-state index in [1.807, 2.05) is 12.1 Å². The smallest absolute Gasteiger partial charge is 0.323 e. The summed E-state index contributed by atoms with van der Waals surface area (Å²) in [5.41, 5.74) is -1.17. The van der Waals surface area contributed by atoms with Crippen LogP contribution in [0.3, 0.4) is 0 Å². The first-order chi connectivity index (χ1) is 13.7. The van der Waals surface area contributed by atoms with Crippen LogP contribution in [0.5, 0.6) is 0 Å². The number of hydrogen-bond donors (Lipinski definition) is 0. The Bertz CT molecular complexity index is 815. The van der Waals surface area contributed by atoms with Crippen molar-refractivity contribution in [1.29, 1.82) is 0 Å². The Hall–Kier alpha value is -2.40. The van der Waals surface area contributed by atoms with Gasteiger partial charge in [0.1, 0.15) is 8.07 Å². The number of carbonyl (C=O) groups excluding carboxylic acids is 2. The van der Waals surface area contributed by atoms with Gasteiger partial charge in [-0.05, 0) is 23.4 Å². The van der Waals surface area contributed by atoms with Gasteiger partial charge in [0.15, 0.2) is 5.41 Å². The molecule has 1 saturated carbocycles. The average Bonchev–Trinajstić information content (AvgIpc) is 3.46. The molecule has 0 N–H and O–H groups in total. The summed E-state index contributed by atoms with van der Waals surface area (Å²) in [7, 11) is 0.306. The first-order valence-electron chi connectivity index (χ1n) is 10.0. The van der Waals surface area contributed by atoms with Gasteiger partial charge in [0.2, 0.25) is 0 Å². The normalized spacial score (nSPS) is 18.0. The van der Waals surface area contributed by atoms with Gasteiger partial charge in [0.05, 0.1) is 14.2 Å². The molecule has 0 bridgehead atoms. The third kappa shape index (κ3) is 3.42. The third-order valence-electron chi connectivity index (χ3n) is 6.57. The summed E-state index contributed by atoms with van der Waals surface area (Å²) in [6.07, 6.45) is 0.483. The molecule has 2 aromatic carbocycles. The summed E-state index contributed by atoms with van der Waals surface area (Å²) >= 11 is 0. The lowest BCUT2D eigenvalue weighted by Crippen LogP contribution is -2.64. The molecule has 1 unspecified atom stereocenters. The molecule has 1 fully saturated rings. The SMILES string of the molecule is COC(=O)C1(C(=O)OC)CC1C[Si](c1ccccc1)(c1ccccc1)C(C)(C)C. The van der Waals surface area contributed by atoms with Crippen molar-refractivity contribution in [2.75, 3.05) is 14.2 Å². The van der Waals surface area contributed by atoms with E-state index in [-0.39, 0.29) is 11.0 Å². The molecule has 0 radical (unpaired) electrons. The third-order valence-corrected chi connectivity index (χ3v) is 12.9. The van der Waals surface area contributed by atoms with Gasteiger partial charge in [-0.1, -0.05) is 91.8 Å². The molecule has 2 aromatic rings. The first-order valence-corrected chi connectivity index (χ1v) is 12.2. The van der Waals surface area contributed by atoms with E-state index in [4.69, 9.17) is 9.47 Å². The number of benzene rings is 2. The highest BCUT2D eigenvalue weighted by Crippen LogP contribution is 2.59. The van der Waals surface area contributed by atoms with E-state index in [1.54, 1.807) is 0 Å². The molecule has 154 valence electrons. The second-order valence-electron chi connectivity index (χ2n) is 8.95. The predicted octanol–water partition coefficient (Wildman–Crippen LogP) is 3.40. The standard InChI is InChI=1S/C24H30O4Si/c1-23(2,3)29(19-12-8-6-9-13-19,20-14-10-7-11-15-20)17-18-16-24(18,21(25)27-4)22(26)28-5/h6-15,18H,16-17H2,1-5H3. The summed E-state index contributed by atoms with van der Waals surface area (Å²) in [6.45, 7) is 6.83. The maximum Gasteiger partial charge on any atom is 0.323 e. The zero-order chi connectivity index (χ0) is 21.3. The van der Waals surface area contributed by atoms with Gasteiger partial charge in [0, 0.05) is 0 Å². The van der Waals surface area contributed by atoms with Crippen LogP contribution in [0.15, 0.2) is 60.7 Å². The van der Waals surface area contributed by atoms with Crippen molar-refractivity contribution in [1.82, 2.24) is 0 Å². The number of hydrogen-bond acceptors (Lipinski definition) is 4. The fraction of sp³-hybridized carbons (Fsp3) is 0.417. The lowest BCUT2D eigenvalue weighted by atomic mass is 10.1. The largest absolute Gasteiger partial charge is 0.468 e. The van der Waals surface area contributed by atoms with Crippen molar-refractivity contribution in [3.63, 3.8) is 0 Å². The summed E-state index contributed by atoms with van der Waals surface area (Å²) in [4.78, 5) is 25.2. The van der Waals surface area contributed by atoms with Crippen LogP contribution in [0, 0.1) is 11.3 Å². The summed E-state index contributed by atoms with van der Waals surface area (Å²) in [6, 6.07) is 21.9. The maximum absolute atomic E-state index is 12.6. The minimum atomic E-state index is -2.37. The number of methoxy groups -OCH3 is 2. The van der Waals surface area contributed by atoms with Gasteiger partial charge < -0.3 is 9.47 Å². The van der Waals surface area contributed by atoms with Crippen LogP contribution in [-0.4, -0.2) is 34.2 Å². The quantitative estimate of drug-likeness (QED) is 0.416. The topological polar surface area (TPSA) is 52.6 Å². The Morgan fingerprint density at radius 2 is 1.31 bits per heavy atom. The lowest BCUT2D eigenvalue weighted by molar-refractivity contribution is -0.162. The summed E-state index contributed by atoms with van der Waals surface area (Å²) in [5.74, 6) is -1.05. The molecule has 29 heavy (non-hydrogen) atoms. The molecule has 5 heteroatoms. The molecule has 0 aliphatic heterocycles. The van der Waals surface area contributed by atoms with Crippen molar-refractivity contribution >= 4 is 30.4 Å². The highest BCUT2D eigenvalue weighted by Gasteiger charge is 2.70. The molecule has 0 aromatic heterocycles. The molecule has 0 spiro atoms. The molecular formula is C24H30O4Si. The van der Waals surface area contributed by atoms with Crippen molar-refractivity contribution in [2.24, 2.45) is 11.3 Å². The second kappa shape index (κ2) is 7.79. The van der Waals surface area contributed by atoms with Crippen LogP contribution in [0.25, 0.3) is 0 Å². The number of carbonyl (C=O) groups is 2. The average molecular weight is 411 g/mol. The lowest BCUT2D eigenvalue weighted by Gasteiger charge is -2.45. The Labute approximate surface area is 174 Å². The summed E-state index contributed by atoms with van der Waals surface area (Å²) < 4.78 is 10.0. The fourth-order valence-corrected chi connectivity index (χ4v) is 10.8. The van der Waals surface area contributed by atoms with Gasteiger partial charge in [-0.2, -0.15) is 0 Å². The summed E-state index contributed by atoms with van der Waals surface area (Å²) in [5, 5.41) is 2.60. The number of esters is 2. The molecule has 1 aliphatic carbocycles. The number of ether oxygens (including phenoxy) is 2. The first kappa shape index (κ1) is 21.3. The molecule has 3 rings (SSSR count). The highest BCUT2D eigenvalue weighted by atomic mass is 28.3. The molecule has 1 atom stereocenters. The van der Waals surface area contributed by atoms with E-state index >= 15 is 0 Å². The Morgan fingerprint density at radius 1 is 0.897 bits per heavy atom. The zero-order valence-electron chi connectivity index (χ0n) is 17.9. The van der Waals surface area contributed by atoms with E-state index in [0.29, 0.717) is 6.42 Å². The van der Waals surface area contributed by atoms with Crippen LogP contribution >= 0.6 is 0 Å². The predicted molar refractivity (Wildman–Crippen MR) is 117 cm³/mol. The molecule has 0 heterocycles. The molecule has 0 saturated heterocycles. The van der Waals surface area contributed by atoms with E-state index in [2.05, 4.69) is 69.3 Å². The molecule has 0 amide bonds. The van der Waals surface area contributed by atoms with Gasteiger partial charge in [-0.15, -0.1) is 0 Å². The van der Waals surface area contributed by atoms with Crippen molar-refractivity contribution in [2.45, 2.75) is 38.3 Å². The Morgan fingerprint density at radius 3 is 1.66 bits per heavy atom. The number of rotatable bonds is 6.